The number of rotatable bonds is 7. The van der Waals surface area contributed by atoms with E-state index in [1.165, 1.54) is 12.1 Å². The number of halogens is 2. The third-order valence-electron chi connectivity index (χ3n) is 3.25. The van der Waals surface area contributed by atoms with Crippen LogP contribution in [-0.2, 0) is 0 Å². The summed E-state index contributed by atoms with van der Waals surface area (Å²) >= 11 is 0. The maximum Gasteiger partial charge on any atom is 0.387 e. The van der Waals surface area contributed by atoms with Crippen molar-refractivity contribution in [3.05, 3.63) is 65.2 Å². The number of ketones is 1. The average molecular weight is 332 g/mol. The Labute approximate surface area is 139 Å². The number of aryl methyl sites for hydroxylation is 1. The van der Waals surface area contributed by atoms with E-state index in [-0.39, 0.29) is 17.3 Å². The van der Waals surface area contributed by atoms with E-state index in [1.54, 1.807) is 37.3 Å². The maximum absolute atomic E-state index is 12.4. The minimum Gasteiger partial charge on any atom is -0.490 e. The second-order valence-electron chi connectivity index (χ2n) is 5.08. The van der Waals surface area contributed by atoms with Gasteiger partial charge in [-0.05, 0) is 37.6 Å². The molecule has 126 valence electrons. The smallest absolute Gasteiger partial charge is 0.387 e. The van der Waals surface area contributed by atoms with Crippen molar-refractivity contribution in [2.75, 3.05) is 6.61 Å². The summed E-state index contributed by atoms with van der Waals surface area (Å²) < 4.78 is 34.5. The van der Waals surface area contributed by atoms with Crippen LogP contribution >= 0.6 is 0 Å². The first kappa shape index (κ1) is 17.7. The minimum atomic E-state index is -2.92. The van der Waals surface area contributed by atoms with Gasteiger partial charge in [0.05, 0.1) is 6.61 Å². The van der Waals surface area contributed by atoms with Crippen LogP contribution in [0.25, 0.3) is 6.08 Å². The van der Waals surface area contributed by atoms with E-state index in [9.17, 15) is 13.6 Å². The molecule has 0 heterocycles. The van der Waals surface area contributed by atoms with Gasteiger partial charge in [0.15, 0.2) is 17.3 Å². The van der Waals surface area contributed by atoms with Gasteiger partial charge in [-0.25, -0.2) is 0 Å². The van der Waals surface area contributed by atoms with E-state index in [0.29, 0.717) is 17.7 Å². The molecule has 0 radical (unpaired) electrons. The standard InChI is InChI=1S/C19H18F2O3/c1-3-23-18-12-14(7-11-17(18)24-19(20)21)6-10-16(22)15-8-4-13(2)5-9-15/h4-12,19H,3H2,1-2H3/b10-6+. The zero-order valence-electron chi connectivity index (χ0n) is 13.5. The Bertz CT molecular complexity index is 722. The molecular weight excluding hydrogens is 314 g/mol. The van der Waals surface area contributed by atoms with Crippen LogP contribution in [-0.4, -0.2) is 19.0 Å². The number of carbonyl (C=O) groups excluding carboxylic acids is 1. The second kappa shape index (κ2) is 8.24. The molecule has 0 aromatic heterocycles. The largest absolute Gasteiger partial charge is 0.490 e. The molecule has 0 unspecified atom stereocenters. The Hall–Kier alpha value is -2.69. The van der Waals surface area contributed by atoms with Crippen molar-refractivity contribution in [1.82, 2.24) is 0 Å². The van der Waals surface area contributed by atoms with E-state index in [1.807, 2.05) is 19.1 Å². The zero-order valence-corrected chi connectivity index (χ0v) is 13.5. The summed E-state index contributed by atoms with van der Waals surface area (Å²) in [5, 5.41) is 0. The Balaban J connectivity index is 2.17. The van der Waals surface area contributed by atoms with Gasteiger partial charge in [-0.2, -0.15) is 8.78 Å². The van der Waals surface area contributed by atoms with Gasteiger partial charge in [0.2, 0.25) is 0 Å². The molecule has 2 rings (SSSR count). The number of carbonyl (C=O) groups is 1. The van der Waals surface area contributed by atoms with Crippen LogP contribution in [0.5, 0.6) is 11.5 Å². The van der Waals surface area contributed by atoms with Gasteiger partial charge in [-0.15, -0.1) is 0 Å². The second-order valence-corrected chi connectivity index (χ2v) is 5.08. The molecule has 2 aromatic rings. The number of hydrogen-bond acceptors (Lipinski definition) is 3. The molecule has 3 nitrogen and oxygen atoms in total. The average Bonchev–Trinajstić information content (AvgIpc) is 2.55. The Morgan fingerprint density at radius 1 is 1.12 bits per heavy atom. The SMILES string of the molecule is CCOc1cc(/C=C/C(=O)c2ccc(C)cc2)ccc1OC(F)F. The molecule has 0 atom stereocenters. The molecule has 0 bridgehead atoms. The first-order valence-corrected chi connectivity index (χ1v) is 7.50. The van der Waals surface area contributed by atoms with Crippen LogP contribution < -0.4 is 9.47 Å². The van der Waals surface area contributed by atoms with Crippen molar-refractivity contribution in [3.8, 4) is 11.5 Å². The van der Waals surface area contributed by atoms with Crippen molar-refractivity contribution in [3.63, 3.8) is 0 Å². The highest BCUT2D eigenvalue weighted by Gasteiger charge is 2.11. The van der Waals surface area contributed by atoms with Crippen molar-refractivity contribution in [1.29, 1.82) is 0 Å². The van der Waals surface area contributed by atoms with E-state index in [2.05, 4.69) is 4.74 Å². The van der Waals surface area contributed by atoms with Crippen molar-refractivity contribution in [2.24, 2.45) is 0 Å². The summed E-state index contributed by atoms with van der Waals surface area (Å²) in [5.74, 6) is 0.0393. The summed E-state index contributed by atoms with van der Waals surface area (Å²) in [6.07, 6.45) is 3.04. The zero-order chi connectivity index (χ0) is 17.5. The molecule has 0 aliphatic rings. The summed E-state index contributed by atoms with van der Waals surface area (Å²) in [6, 6.07) is 11.8. The van der Waals surface area contributed by atoms with Gasteiger partial charge >= 0.3 is 6.61 Å². The van der Waals surface area contributed by atoms with Crippen molar-refractivity contribution < 1.29 is 23.0 Å². The molecular formula is C19H18F2O3. The molecule has 0 N–H and O–H groups in total. The van der Waals surface area contributed by atoms with Gasteiger partial charge in [0.25, 0.3) is 0 Å². The highest BCUT2D eigenvalue weighted by molar-refractivity contribution is 6.06. The molecule has 0 saturated carbocycles. The third-order valence-corrected chi connectivity index (χ3v) is 3.25. The van der Waals surface area contributed by atoms with Gasteiger partial charge in [-0.1, -0.05) is 42.0 Å². The Kier molecular flexibility index (Phi) is 6.07. The van der Waals surface area contributed by atoms with Crippen molar-refractivity contribution in [2.45, 2.75) is 20.5 Å². The first-order valence-electron chi connectivity index (χ1n) is 7.50. The van der Waals surface area contributed by atoms with Crippen LogP contribution in [0, 0.1) is 6.92 Å². The van der Waals surface area contributed by atoms with Crippen LogP contribution in [0.4, 0.5) is 8.78 Å². The summed E-state index contributed by atoms with van der Waals surface area (Å²) in [6.45, 7) is 1.08. The lowest BCUT2D eigenvalue weighted by Gasteiger charge is -2.11. The number of ether oxygens (including phenoxy) is 2. The lowest BCUT2D eigenvalue weighted by Crippen LogP contribution is -2.04. The molecule has 5 heteroatoms. The number of hydrogen-bond donors (Lipinski definition) is 0. The highest BCUT2D eigenvalue weighted by Crippen LogP contribution is 2.30. The topological polar surface area (TPSA) is 35.5 Å². The third kappa shape index (κ3) is 4.91. The summed E-state index contributed by atoms with van der Waals surface area (Å²) in [7, 11) is 0. The molecule has 0 fully saturated rings. The molecule has 0 aliphatic carbocycles. The van der Waals surface area contributed by atoms with Crippen molar-refractivity contribution >= 4 is 11.9 Å². The predicted octanol–water partition coefficient (Wildman–Crippen LogP) is 4.89. The molecule has 0 spiro atoms. The summed E-state index contributed by atoms with van der Waals surface area (Å²) in [4.78, 5) is 12.1. The number of alkyl halides is 2. The molecule has 0 saturated heterocycles. The fraction of sp³-hybridized carbons (Fsp3) is 0.211. The minimum absolute atomic E-state index is 0.0335. The van der Waals surface area contributed by atoms with E-state index in [4.69, 9.17) is 4.74 Å². The molecule has 0 amide bonds. The Morgan fingerprint density at radius 2 is 1.83 bits per heavy atom. The molecule has 2 aromatic carbocycles. The van der Waals surface area contributed by atoms with E-state index >= 15 is 0 Å². The number of benzene rings is 2. The predicted molar refractivity (Wildman–Crippen MR) is 88.8 cm³/mol. The van der Waals surface area contributed by atoms with E-state index in [0.717, 1.165) is 5.56 Å². The Morgan fingerprint density at radius 3 is 2.46 bits per heavy atom. The summed E-state index contributed by atoms with van der Waals surface area (Å²) in [5.41, 5.74) is 2.31. The first-order chi connectivity index (χ1) is 11.5. The van der Waals surface area contributed by atoms with Crippen LogP contribution in [0.1, 0.15) is 28.4 Å². The molecule has 0 aliphatic heterocycles. The monoisotopic (exact) mass is 332 g/mol. The highest BCUT2D eigenvalue weighted by atomic mass is 19.3. The van der Waals surface area contributed by atoms with Gasteiger partial charge < -0.3 is 9.47 Å². The van der Waals surface area contributed by atoms with Crippen LogP contribution in [0.3, 0.4) is 0 Å². The van der Waals surface area contributed by atoms with Gasteiger partial charge in [0.1, 0.15) is 0 Å². The van der Waals surface area contributed by atoms with Crippen LogP contribution in [0.15, 0.2) is 48.5 Å². The normalized spacial score (nSPS) is 11.0. The quantitative estimate of drug-likeness (QED) is 0.535. The fourth-order valence-corrected chi connectivity index (χ4v) is 2.08. The van der Waals surface area contributed by atoms with E-state index < -0.39 is 6.61 Å². The fourth-order valence-electron chi connectivity index (χ4n) is 2.08. The number of allylic oxidation sites excluding steroid dienone is 1. The van der Waals surface area contributed by atoms with Gasteiger partial charge in [-0.3, -0.25) is 4.79 Å². The lowest BCUT2D eigenvalue weighted by atomic mass is 10.1. The maximum atomic E-state index is 12.4. The van der Waals surface area contributed by atoms with Gasteiger partial charge in [0, 0.05) is 5.56 Å². The molecule has 24 heavy (non-hydrogen) atoms. The van der Waals surface area contributed by atoms with Crippen LogP contribution in [0.2, 0.25) is 0 Å². The lowest BCUT2D eigenvalue weighted by molar-refractivity contribution is -0.0514.